The van der Waals surface area contributed by atoms with Crippen LogP contribution in [0.3, 0.4) is 0 Å². The van der Waals surface area contributed by atoms with E-state index in [0.717, 1.165) is 22.5 Å². The van der Waals surface area contributed by atoms with Gasteiger partial charge in [-0.05, 0) is 56.1 Å². The molecule has 0 saturated carbocycles. The van der Waals surface area contributed by atoms with E-state index < -0.39 is 0 Å². The molecule has 20 heavy (non-hydrogen) atoms. The molecule has 108 valence electrons. The third-order valence-electron chi connectivity index (χ3n) is 3.42. The van der Waals surface area contributed by atoms with Crippen molar-refractivity contribution in [2.75, 3.05) is 6.54 Å². The van der Waals surface area contributed by atoms with E-state index in [2.05, 4.69) is 60.2 Å². The number of hydrogen-bond acceptors (Lipinski definition) is 2. The number of aryl methyl sites for hydroxylation is 2. The lowest BCUT2D eigenvalue weighted by molar-refractivity contribution is 0.558. The molecule has 0 bridgehead atoms. The SMILES string of the molecule is CCNC(Cc1ccc(Br)cc1Cl)c1cc(C)c(C)s1. The Balaban J connectivity index is 2.25. The van der Waals surface area contributed by atoms with Gasteiger partial charge in [0.2, 0.25) is 0 Å². The summed E-state index contributed by atoms with van der Waals surface area (Å²) < 4.78 is 1.02. The van der Waals surface area contributed by atoms with Crippen LogP contribution in [-0.4, -0.2) is 6.54 Å². The maximum atomic E-state index is 6.34. The van der Waals surface area contributed by atoms with Crippen LogP contribution in [0.15, 0.2) is 28.7 Å². The highest BCUT2D eigenvalue weighted by Crippen LogP contribution is 2.31. The van der Waals surface area contributed by atoms with Gasteiger partial charge in [0, 0.05) is 25.3 Å². The van der Waals surface area contributed by atoms with Crippen molar-refractivity contribution in [1.82, 2.24) is 5.32 Å². The van der Waals surface area contributed by atoms with Gasteiger partial charge in [0.15, 0.2) is 0 Å². The molecule has 1 nitrogen and oxygen atoms in total. The minimum Gasteiger partial charge on any atom is -0.309 e. The Kier molecular flexibility index (Phi) is 5.67. The summed E-state index contributed by atoms with van der Waals surface area (Å²) in [6.07, 6.45) is 0.916. The van der Waals surface area contributed by atoms with Crippen molar-refractivity contribution < 1.29 is 0 Å². The zero-order chi connectivity index (χ0) is 14.7. The Morgan fingerprint density at radius 2 is 2.05 bits per heavy atom. The van der Waals surface area contributed by atoms with Crippen molar-refractivity contribution in [3.05, 3.63) is 54.6 Å². The Morgan fingerprint density at radius 1 is 1.30 bits per heavy atom. The molecule has 0 fully saturated rings. The van der Waals surface area contributed by atoms with Crippen molar-refractivity contribution in [3.8, 4) is 0 Å². The first-order valence-corrected chi connectivity index (χ1v) is 8.74. The molecule has 4 heteroatoms. The van der Waals surface area contributed by atoms with Crippen LogP contribution >= 0.6 is 38.9 Å². The number of benzene rings is 1. The highest BCUT2D eigenvalue weighted by molar-refractivity contribution is 9.10. The summed E-state index contributed by atoms with van der Waals surface area (Å²) in [5.41, 5.74) is 2.55. The van der Waals surface area contributed by atoms with Gasteiger partial charge in [-0.15, -0.1) is 11.3 Å². The van der Waals surface area contributed by atoms with Crippen LogP contribution in [0, 0.1) is 13.8 Å². The Labute approximate surface area is 138 Å². The van der Waals surface area contributed by atoms with Crippen molar-refractivity contribution in [2.45, 2.75) is 33.2 Å². The van der Waals surface area contributed by atoms with Crippen LogP contribution in [0.25, 0.3) is 0 Å². The molecule has 0 spiro atoms. The molecule has 2 rings (SSSR count). The summed E-state index contributed by atoms with van der Waals surface area (Å²) in [6, 6.07) is 8.74. The number of halogens is 2. The molecular weight excluding hydrogens is 354 g/mol. The van der Waals surface area contributed by atoms with E-state index in [0.29, 0.717) is 6.04 Å². The first-order valence-electron chi connectivity index (χ1n) is 6.75. The number of rotatable bonds is 5. The Morgan fingerprint density at radius 3 is 2.60 bits per heavy atom. The van der Waals surface area contributed by atoms with Gasteiger partial charge in [0.1, 0.15) is 0 Å². The predicted molar refractivity (Wildman–Crippen MR) is 93.1 cm³/mol. The summed E-state index contributed by atoms with van der Waals surface area (Å²) in [4.78, 5) is 2.78. The van der Waals surface area contributed by atoms with E-state index >= 15 is 0 Å². The molecular formula is C16H19BrClNS. The number of likely N-dealkylation sites (N-methyl/N-ethyl adjacent to an activating group) is 1. The average molecular weight is 373 g/mol. The topological polar surface area (TPSA) is 12.0 Å². The van der Waals surface area contributed by atoms with Crippen molar-refractivity contribution in [1.29, 1.82) is 0 Å². The van der Waals surface area contributed by atoms with E-state index in [9.17, 15) is 0 Å². The summed E-state index contributed by atoms with van der Waals surface area (Å²) in [6.45, 7) is 7.45. The maximum Gasteiger partial charge on any atom is 0.0456 e. The molecule has 1 aromatic carbocycles. The molecule has 0 aliphatic carbocycles. The van der Waals surface area contributed by atoms with E-state index in [1.165, 1.54) is 20.9 Å². The smallest absolute Gasteiger partial charge is 0.0456 e. The lowest BCUT2D eigenvalue weighted by Gasteiger charge is -2.17. The second-order valence-corrected chi connectivity index (χ2v) is 7.55. The number of hydrogen-bond donors (Lipinski definition) is 1. The van der Waals surface area contributed by atoms with Crippen LogP contribution in [0.2, 0.25) is 5.02 Å². The van der Waals surface area contributed by atoms with Gasteiger partial charge in [-0.25, -0.2) is 0 Å². The lowest BCUT2D eigenvalue weighted by atomic mass is 10.0. The minimum atomic E-state index is 0.330. The monoisotopic (exact) mass is 371 g/mol. The fourth-order valence-electron chi connectivity index (χ4n) is 2.20. The van der Waals surface area contributed by atoms with Gasteiger partial charge in [-0.2, -0.15) is 0 Å². The van der Waals surface area contributed by atoms with E-state index in [4.69, 9.17) is 11.6 Å². The molecule has 1 heterocycles. The van der Waals surface area contributed by atoms with Crippen LogP contribution < -0.4 is 5.32 Å². The fourth-order valence-corrected chi connectivity index (χ4v) is 4.07. The molecule has 0 saturated heterocycles. The maximum absolute atomic E-state index is 6.34. The second kappa shape index (κ2) is 7.08. The van der Waals surface area contributed by atoms with Crippen molar-refractivity contribution >= 4 is 38.9 Å². The first-order chi connectivity index (χ1) is 9.51. The standard InChI is InChI=1S/C16H19BrClNS/c1-4-19-15(16-7-10(2)11(3)20-16)8-12-5-6-13(17)9-14(12)18/h5-7,9,15,19H,4,8H2,1-3H3. The third kappa shape index (κ3) is 3.85. The molecule has 2 aromatic rings. The summed E-state index contributed by atoms with van der Waals surface area (Å²) in [7, 11) is 0. The average Bonchev–Trinajstić information content (AvgIpc) is 2.72. The fraction of sp³-hybridized carbons (Fsp3) is 0.375. The number of nitrogens with one attached hydrogen (secondary N) is 1. The normalized spacial score (nSPS) is 12.7. The van der Waals surface area contributed by atoms with Gasteiger partial charge < -0.3 is 5.32 Å². The molecule has 1 unspecified atom stereocenters. The van der Waals surface area contributed by atoms with Gasteiger partial charge >= 0.3 is 0 Å². The lowest BCUT2D eigenvalue weighted by Crippen LogP contribution is -2.22. The zero-order valence-corrected chi connectivity index (χ0v) is 15.1. The molecule has 0 aliphatic heterocycles. The predicted octanol–water partition coefficient (Wildman–Crippen LogP) is 5.67. The van der Waals surface area contributed by atoms with Crippen molar-refractivity contribution in [3.63, 3.8) is 0 Å². The third-order valence-corrected chi connectivity index (χ3v) is 5.53. The van der Waals surface area contributed by atoms with E-state index in [1.54, 1.807) is 0 Å². The van der Waals surface area contributed by atoms with Gasteiger partial charge in [0.05, 0.1) is 0 Å². The quantitative estimate of drug-likeness (QED) is 0.712. The van der Waals surface area contributed by atoms with Gasteiger partial charge in [-0.1, -0.05) is 40.5 Å². The second-order valence-electron chi connectivity index (χ2n) is 4.94. The molecule has 1 aromatic heterocycles. The van der Waals surface area contributed by atoms with Crippen LogP contribution in [-0.2, 0) is 6.42 Å². The minimum absolute atomic E-state index is 0.330. The Hall–Kier alpha value is -0.350. The zero-order valence-electron chi connectivity index (χ0n) is 12.0. The Bertz CT molecular complexity index is 575. The molecule has 0 radical (unpaired) electrons. The van der Waals surface area contributed by atoms with Crippen LogP contribution in [0.1, 0.15) is 33.8 Å². The van der Waals surface area contributed by atoms with Gasteiger partial charge in [-0.3, -0.25) is 0 Å². The van der Waals surface area contributed by atoms with Crippen LogP contribution in [0.5, 0.6) is 0 Å². The largest absolute Gasteiger partial charge is 0.309 e. The van der Waals surface area contributed by atoms with E-state index in [1.807, 2.05) is 17.4 Å². The van der Waals surface area contributed by atoms with Crippen molar-refractivity contribution in [2.24, 2.45) is 0 Å². The van der Waals surface area contributed by atoms with Crippen LogP contribution in [0.4, 0.5) is 0 Å². The van der Waals surface area contributed by atoms with E-state index in [-0.39, 0.29) is 0 Å². The number of thiophene rings is 1. The molecule has 0 amide bonds. The summed E-state index contributed by atoms with van der Waals surface area (Å²) >= 11 is 11.7. The van der Waals surface area contributed by atoms with Gasteiger partial charge in [0.25, 0.3) is 0 Å². The molecule has 1 N–H and O–H groups in total. The first kappa shape index (κ1) is 16.0. The summed E-state index contributed by atoms with van der Waals surface area (Å²) in [5.74, 6) is 0. The highest BCUT2D eigenvalue weighted by Gasteiger charge is 2.16. The summed E-state index contributed by atoms with van der Waals surface area (Å²) in [5, 5.41) is 4.40. The molecule has 1 atom stereocenters. The molecule has 0 aliphatic rings. The highest BCUT2D eigenvalue weighted by atomic mass is 79.9.